The zero-order valence-corrected chi connectivity index (χ0v) is 17.8. The molecule has 0 bridgehead atoms. The van der Waals surface area contributed by atoms with Gasteiger partial charge in [-0.25, -0.2) is 0 Å². The maximum Gasteiger partial charge on any atom is 0.231 e. The summed E-state index contributed by atoms with van der Waals surface area (Å²) in [6.45, 7) is 7.03. The number of carbonyl (C=O) groups excluding carboxylic acids is 2. The van der Waals surface area contributed by atoms with Crippen molar-refractivity contribution in [3.8, 4) is 0 Å². The number of likely N-dealkylation sites (tertiary alicyclic amines) is 1. The molecule has 2 aliphatic rings. The van der Waals surface area contributed by atoms with Crippen LogP contribution in [0, 0.1) is 11.8 Å². The van der Waals surface area contributed by atoms with E-state index >= 15 is 0 Å². The molecule has 2 saturated heterocycles. The van der Waals surface area contributed by atoms with Gasteiger partial charge in [0.15, 0.2) is 0 Å². The van der Waals surface area contributed by atoms with Gasteiger partial charge in [-0.05, 0) is 48.6 Å². The Hall–Kier alpha value is -2.89. The zero-order chi connectivity index (χ0) is 21.1. The van der Waals surface area contributed by atoms with Crippen LogP contribution in [0.4, 0.5) is 11.4 Å². The minimum Gasteiger partial charge on any atom is -0.369 e. The van der Waals surface area contributed by atoms with Crippen molar-refractivity contribution in [1.82, 2.24) is 9.88 Å². The van der Waals surface area contributed by atoms with Gasteiger partial charge >= 0.3 is 0 Å². The molecule has 1 N–H and O–H groups in total. The van der Waals surface area contributed by atoms with Crippen LogP contribution < -0.4 is 10.2 Å². The van der Waals surface area contributed by atoms with Gasteiger partial charge in [0.25, 0.3) is 0 Å². The molecule has 6 nitrogen and oxygen atoms in total. The number of nitrogens with zero attached hydrogens (tertiary/aromatic N) is 3. The van der Waals surface area contributed by atoms with Crippen LogP contribution in [0.1, 0.15) is 38.2 Å². The fourth-order valence-electron chi connectivity index (χ4n) is 4.28. The molecule has 2 aliphatic heterocycles. The number of amides is 2. The molecule has 0 radical (unpaired) electrons. The van der Waals surface area contributed by atoms with Gasteiger partial charge in [-0.15, -0.1) is 0 Å². The van der Waals surface area contributed by atoms with Crippen LogP contribution in [-0.4, -0.2) is 47.9 Å². The lowest BCUT2D eigenvalue weighted by Gasteiger charge is -2.39. The van der Waals surface area contributed by atoms with E-state index in [1.54, 1.807) is 6.20 Å². The van der Waals surface area contributed by atoms with Crippen molar-refractivity contribution < 1.29 is 9.59 Å². The van der Waals surface area contributed by atoms with Crippen LogP contribution in [0.3, 0.4) is 0 Å². The molecule has 1 aromatic heterocycles. The van der Waals surface area contributed by atoms with E-state index in [4.69, 9.17) is 0 Å². The fourth-order valence-corrected chi connectivity index (χ4v) is 4.28. The van der Waals surface area contributed by atoms with E-state index in [-0.39, 0.29) is 23.7 Å². The third-order valence-corrected chi connectivity index (χ3v) is 6.21. The first kappa shape index (κ1) is 20.4. The van der Waals surface area contributed by atoms with Crippen molar-refractivity contribution in [3.63, 3.8) is 0 Å². The maximum atomic E-state index is 12.5. The molecule has 4 rings (SSSR count). The van der Waals surface area contributed by atoms with Gasteiger partial charge in [-0.2, -0.15) is 0 Å². The molecule has 0 aliphatic carbocycles. The van der Waals surface area contributed by atoms with Crippen LogP contribution in [0.15, 0.2) is 48.8 Å². The Morgan fingerprint density at radius 3 is 2.37 bits per heavy atom. The molecular formula is C24H30N4O2. The van der Waals surface area contributed by atoms with E-state index in [0.29, 0.717) is 5.92 Å². The third kappa shape index (κ3) is 4.48. The number of pyridine rings is 1. The summed E-state index contributed by atoms with van der Waals surface area (Å²) in [7, 11) is 0. The molecule has 158 valence electrons. The molecule has 0 saturated carbocycles. The summed E-state index contributed by atoms with van der Waals surface area (Å²) in [4.78, 5) is 33.0. The first-order chi connectivity index (χ1) is 14.5. The third-order valence-electron chi connectivity index (χ3n) is 6.21. The van der Waals surface area contributed by atoms with Gasteiger partial charge in [0.2, 0.25) is 11.8 Å². The van der Waals surface area contributed by atoms with E-state index in [0.717, 1.165) is 50.4 Å². The standard InChI is InChI=1S/C24H30N4O2/c1-17(2)24(30)27-12-9-19(10-13-27)18-5-7-21(8-6-18)26-23(29)20-15-28(16-20)22-4-3-11-25-14-22/h3-8,11,14,17,19-20H,9-10,12-13,15-16H2,1-2H3,(H,26,29). The van der Waals surface area contributed by atoms with E-state index in [2.05, 4.69) is 27.3 Å². The lowest BCUT2D eigenvalue weighted by Crippen LogP contribution is -2.52. The number of hydrogen-bond acceptors (Lipinski definition) is 4. The highest BCUT2D eigenvalue weighted by molar-refractivity contribution is 5.94. The van der Waals surface area contributed by atoms with Crippen LogP contribution in [-0.2, 0) is 9.59 Å². The molecule has 2 fully saturated rings. The second-order valence-electron chi connectivity index (χ2n) is 8.68. The van der Waals surface area contributed by atoms with Crippen LogP contribution in [0.2, 0.25) is 0 Å². The normalized spacial score (nSPS) is 17.7. The number of rotatable bonds is 5. The van der Waals surface area contributed by atoms with Crippen molar-refractivity contribution >= 4 is 23.2 Å². The fraction of sp³-hybridized carbons (Fsp3) is 0.458. The Bertz CT molecular complexity index is 868. The molecule has 2 amide bonds. The predicted molar refractivity (Wildman–Crippen MR) is 118 cm³/mol. The number of nitrogens with one attached hydrogen (secondary N) is 1. The minimum atomic E-state index is 0.00713. The average molecular weight is 407 g/mol. The monoisotopic (exact) mass is 406 g/mol. The van der Waals surface area contributed by atoms with E-state index < -0.39 is 0 Å². The van der Waals surface area contributed by atoms with Gasteiger partial charge < -0.3 is 15.1 Å². The number of anilines is 2. The van der Waals surface area contributed by atoms with Crippen LogP contribution in [0.25, 0.3) is 0 Å². The minimum absolute atomic E-state index is 0.00713. The largest absolute Gasteiger partial charge is 0.369 e. The summed E-state index contributed by atoms with van der Waals surface area (Å²) in [6.07, 6.45) is 5.58. The maximum absolute atomic E-state index is 12.5. The number of aromatic nitrogens is 1. The van der Waals surface area contributed by atoms with Gasteiger partial charge in [-0.3, -0.25) is 14.6 Å². The molecule has 0 atom stereocenters. The van der Waals surface area contributed by atoms with Crippen molar-refractivity contribution in [1.29, 1.82) is 0 Å². The SMILES string of the molecule is CC(C)C(=O)N1CCC(c2ccc(NC(=O)C3CN(c4cccnc4)C3)cc2)CC1. The molecule has 0 spiro atoms. The van der Waals surface area contributed by atoms with E-state index in [1.807, 2.05) is 49.2 Å². The Kier molecular flexibility index (Phi) is 6.02. The van der Waals surface area contributed by atoms with E-state index in [9.17, 15) is 9.59 Å². The summed E-state index contributed by atoms with van der Waals surface area (Å²) >= 11 is 0. The van der Waals surface area contributed by atoms with Crippen molar-refractivity contribution in [2.75, 3.05) is 36.4 Å². The van der Waals surface area contributed by atoms with Crippen molar-refractivity contribution in [2.24, 2.45) is 11.8 Å². The molecule has 2 aromatic rings. The highest BCUT2D eigenvalue weighted by Gasteiger charge is 2.33. The molecule has 6 heteroatoms. The second kappa shape index (κ2) is 8.86. The van der Waals surface area contributed by atoms with Crippen molar-refractivity contribution in [2.45, 2.75) is 32.6 Å². The second-order valence-corrected chi connectivity index (χ2v) is 8.68. The van der Waals surface area contributed by atoms with Crippen LogP contribution in [0.5, 0.6) is 0 Å². The Balaban J connectivity index is 1.25. The smallest absolute Gasteiger partial charge is 0.231 e. The first-order valence-corrected chi connectivity index (χ1v) is 10.9. The Morgan fingerprint density at radius 2 is 1.77 bits per heavy atom. The zero-order valence-electron chi connectivity index (χ0n) is 17.8. The first-order valence-electron chi connectivity index (χ1n) is 10.9. The topological polar surface area (TPSA) is 65.5 Å². The number of piperidine rings is 1. The van der Waals surface area contributed by atoms with Gasteiger partial charge in [0, 0.05) is 44.0 Å². The quantitative estimate of drug-likeness (QED) is 0.825. The summed E-state index contributed by atoms with van der Waals surface area (Å²) < 4.78 is 0. The van der Waals surface area contributed by atoms with Gasteiger partial charge in [0.1, 0.15) is 0 Å². The molecular weight excluding hydrogens is 376 g/mol. The Labute approximate surface area is 178 Å². The van der Waals surface area contributed by atoms with Crippen molar-refractivity contribution in [3.05, 3.63) is 54.4 Å². The molecule has 0 unspecified atom stereocenters. The van der Waals surface area contributed by atoms with Gasteiger partial charge in [-0.1, -0.05) is 26.0 Å². The highest BCUT2D eigenvalue weighted by atomic mass is 16.2. The number of carbonyl (C=O) groups is 2. The molecule has 30 heavy (non-hydrogen) atoms. The Morgan fingerprint density at radius 1 is 1.07 bits per heavy atom. The molecule has 1 aromatic carbocycles. The predicted octanol–water partition coefficient (Wildman–Crippen LogP) is 3.52. The lowest BCUT2D eigenvalue weighted by molar-refractivity contribution is -0.135. The molecule has 3 heterocycles. The van der Waals surface area contributed by atoms with E-state index in [1.165, 1.54) is 5.56 Å². The number of benzene rings is 1. The highest BCUT2D eigenvalue weighted by Crippen LogP contribution is 2.30. The number of hydrogen-bond donors (Lipinski definition) is 1. The summed E-state index contributed by atoms with van der Waals surface area (Å²) in [5.41, 5.74) is 3.19. The summed E-state index contributed by atoms with van der Waals surface area (Å²) in [6, 6.07) is 12.2. The van der Waals surface area contributed by atoms with Gasteiger partial charge in [0.05, 0.1) is 17.8 Å². The lowest BCUT2D eigenvalue weighted by atomic mass is 9.89. The summed E-state index contributed by atoms with van der Waals surface area (Å²) in [5, 5.41) is 3.05. The van der Waals surface area contributed by atoms with Crippen LogP contribution >= 0.6 is 0 Å². The average Bonchev–Trinajstić information content (AvgIpc) is 2.73. The summed E-state index contributed by atoms with van der Waals surface area (Å²) in [5.74, 6) is 0.878.